The summed E-state index contributed by atoms with van der Waals surface area (Å²) in [4.78, 5) is 11.8. The zero-order chi connectivity index (χ0) is 12.1. The second kappa shape index (κ2) is 5.75. The third-order valence-electron chi connectivity index (χ3n) is 1.98. The maximum Gasteiger partial charge on any atom is 0.251 e. The maximum absolute atomic E-state index is 11.6. The van der Waals surface area contributed by atoms with Crippen LogP contribution in [0.15, 0.2) is 18.2 Å². The van der Waals surface area contributed by atoms with Crippen molar-refractivity contribution in [2.24, 2.45) is 0 Å². The number of halogens is 1. The van der Waals surface area contributed by atoms with Crippen LogP contribution >= 0.6 is 15.9 Å². The predicted molar refractivity (Wildman–Crippen MR) is 65.4 cm³/mol. The number of nitrogens with one attached hydrogen (secondary N) is 1. The number of benzene rings is 1. The lowest BCUT2D eigenvalue weighted by atomic mass is 10.2. The maximum atomic E-state index is 11.6. The molecule has 2 N–H and O–H groups in total. The highest BCUT2D eigenvalue weighted by atomic mass is 79.9. The van der Waals surface area contributed by atoms with Crippen LogP contribution in [0, 0.1) is 0 Å². The summed E-state index contributed by atoms with van der Waals surface area (Å²) >= 11 is 3.33. The molecule has 1 rings (SSSR count). The molecule has 0 saturated carbocycles. The number of alkyl halides is 1. The van der Waals surface area contributed by atoms with Crippen molar-refractivity contribution in [3.05, 3.63) is 23.8 Å². The Hall–Kier alpha value is -1.23. The first-order valence-corrected chi connectivity index (χ1v) is 5.75. The van der Waals surface area contributed by atoms with Crippen LogP contribution in [0.5, 0.6) is 11.5 Å². The fourth-order valence-electron chi connectivity index (χ4n) is 1.17. The average molecular weight is 288 g/mol. The molecule has 1 aromatic rings. The average Bonchev–Trinajstić information content (AvgIpc) is 2.25. The molecule has 0 saturated heterocycles. The first-order chi connectivity index (χ1) is 7.54. The van der Waals surface area contributed by atoms with Crippen molar-refractivity contribution < 1.29 is 14.6 Å². The number of hydrogen-bond donors (Lipinski definition) is 2. The van der Waals surface area contributed by atoms with Gasteiger partial charge in [0.15, 0.2) is 11.5 Å². The Balaban J connectivity index is 2.73. The Kier molecular flexibility index (Phi) is 4.61. The van der Waals surface area contributed by atoms with Crippen LogP contribution in [-0.4, -0.2) is 29.5 Å². The lowest BCUT2D eigenvalue weighted by molar-refractivity contribution is 0.0954. The molecular formula is C11H14BrNO3. The van der Waals surface area contributed by atoms with Gasteiger partial charge >= 0.3 is 0 Å². The van der Waals surface area contributed by atoms with Gasteiger partial charge < -0.3 is 15.2 Å². The van der Waals surface area contributed by atoms with Crippen LogP contribution in [0.2, 0.25) is 0 Å². The smallest absolute Gasteiger partial charge is 0.251 e. The van der Waals surface area contributed by atoms with E-state index in [1.165, 1.54) is 13.2 Å². The highest BCUT2D eigenvalue weighted by molar-refractivity contribution is 9.09. The van der Waals surface area contributed by atoms with E-state index in [0.29, 0.717) is 17.9 Å². The number of methoxy groups -OCH3 is 1. The molecule has 0 heterocycles. The molecule has 1 aromatic carbocycles. The molecule has 1 atom stereocenters. The topological polar surface area (TPSA) is 58.6 Å². The first-order valence-electron chi connectivity index (χ1n) is 4.84. The fraction of sp³-hybridized carbons (Fsp3) is 0.364. The lowest BCUT2D eigenvalue weighted by Crippen LogP contribution is -2.28. The minimum atomic E-state index is -0.218. The number of phenolic OH excluding ortho intramolecular Hbond substituents is 1. The summed E-state index contributed by atoms with van der Waals surface area (Å²) in [5.41, 5.74) is 0.409. The molecule has 88 valence electrons. The summed E-state index contributed by atoms with van der Waals surface area (Å²) in [6, 6.07) is 4.54. The molecule has 0 aliphatic heterocycles. The molecule has 0 fully saturated rings. The van der Waals surface area contributed by atoms with Gasteiger partial charge in [-0.05, 0) is 18.2 Å². The Labute approximate surface area is 103 Å². The standard InChI is InChI=1S/C11H14BrNO3/c1-7(12)6-13-11(15)8-3-4-10(16-2)9(14)5-8/h3-5,7,14H,6H2,1-2H3,(H,13,15). The van der Waals surface area contributed by atoms with Gasteiger partial charge in [0.05, 0.1) is 7.11 Å². The Morgan fingerprint density at radius 1 is 1.62 bits per heavy atom. The molecule has 1 amide bonds. The van der Waals surface area contributed by atoms with E-state index < -0.39 is 0 Å². The Morgan fingerprint density at radius 3 is 2.81 bits per heavy atom. The number of ether oxygens (including phenoxy) is 1. The van der Waals surface area contributed by atoms with E-state index >= 15 is 0 Å². The zero-order valence-electron chi connectivity index (χ0n) is 9.16. The minimum Gasteiger partial charge on any atom is -0.504 e. The SMILES string of the molecule is COc1ccc(C(=O)NCC(C)Br)cc1O. The van der Waals surface area contributed by atoms with Gasteiger partial charge in [-0.2, -0.15) is 0 Å². The predicted octanol–water partition coefficient (Wildman–Crippen LogP) is 1.91. The Bertz CT molecular complexity index is 379. The molecule has 16 heavy (non-hydrogen) atoms. The van der Waals surface area contributed by atoms with Gasteiger partial charge in [0.25, 0.3) is 5.91 Å². The van der Waals surface area contributed by atoms with Crippen LogP contribution in [-0.2, 0) is 0 Å². The molecule has 0 aromatic heterocycles. The molecule has 5 heteroatoms. The lowest BCUT2D eigenvalue weighted by Gasteiger charge is -2.08. The van der Waals surface area contributed by atoms with Crippen molar-refractivity contribution in [1.82, 2.24) is 5.32 Å². The highest BCUT2D eigenvalue weighted by Crippen LogP contribution is 2.26. The molecule has 0 aliphatic carbocycles. The van der Waals surface area contributed by atoms with E-state index in [4.69, 9.17) is 4.74 Å². The molecule has 4 nitrogen and oxygen atoms in total. The largest absolute Gasteiger partial charge is 0.504 e. The van der Waals surface area contributed by atoms with Crippen molar-refractivity contribution in [2.75, 3.05) is 13.7 Å². The molecule has 0 bridgehead atoms. The number of carbonyl (C=O) groups is 1. The van der Waals surface area contributed by atoms with Crippen LogP contribution in [0.4, 0.5) is 0 Å². The Morgan fingerprint density at radius 2 is 2.31 bits per heavy atom. The summed E-state index contributed by atoms with van der Waals surface area (Å²) in [5, 5.41) is 12.2. The van der Waals surface area contributed by atoms with E-state index in [1.54, 1.807) is 12.1 Å². The van der Waals surface area contributed by atoms with E-state index in [0.717, 1.165) is 0 Å². The number of rotatable bonds is 4. The molecular weight excluding hydrogens is 274 g/mol. The van der Waals surface area contributed by atoms with Gasteiger partial charge in [0.1, 0.15) is 0 Å². The van der Waals surface area contributed by atoms with Crippen LogP contribution in [0.3, 0.4) is 0 Å². The van der Waals surface area contributed by atoms with Crippen molar-refractivity contribution in [1.29, 1.82) is 0 Å². The van der Waals surface area contributed by atoms with E-state index in [-0.39, 0.29) is 16.5 Å². The van der Waals surface area contributed by atoms with Gasteiger partial charge in [-0.15, -0.1) is 0 Å². The number of aromatic hydroxyl groups is 1. The van der Waals surface area contributed by atoms with Gasteiger partial charge in [-0.25, -0.2) is 0 Å². The second-order valence-corrected chi connectivity index (χ2v) is 4.94. The van der Waals surface area contributed by atoms with Gasteiger partial charge in [-0.1, -0.05) is 22.9 Å². The van der Waals surface area contributed by atoms with E-state index in [1.807, 2.05) is 6.92 Å². The number of hydrogen-bond acceptors (Lipinski definition) is 3. The fourth-order valence-corrected chi connectivity index (χ4v) is 1.33. The minimum absolute atomic E-state index is 0.0398. The van der Waals surface area contributed by atoms with Crippen molar-refractivity contribution in [3.8, 4) is 11.5 Å². The molecule has 0 aliphatic rings. The first kappa shape index (κ1) is 12.8. The van der Waals surface area contributed by atoms with Crippen molar-refractivity contribution in [2.45, 2.75) is 11.8 Å². The number of amides is 1. The number of carbonyl (C=O) groups excluding carboxylic acids is 1. The normalized spacial score (nSPS) is 11.9. The summed E-state index contributed by atoms with van der Waals surface area (Å²) in [6.07, 6.45) is 0. The van der Waals surface area contributed by atoms with E-state index in [2.05, 4.69) is 21.2 Å². The van der Waals surface area contributed by atoms with Gasteiger partial charge in [-0.3, -0.25) is 4.79 Å². The number of phenols is 1. The zero-order valence-corrected chi connectivity index (χ0v) is 10.7. The third kappa shape index (κ3) is 3.41. The molecule has 0 spiro atoms. The monoisotopic (exact) mass is 287 g/mol. The third-order valence-corrected chi connectivity index (χ3v) is 2.31. The van der Waals surface area contributed by atoms with Crippen LogP contribution < -0.4 is 10.1 Å². The van der Waals surface area contributed by atoms with Gasteiger partial charge in [0, 0.05) is 16.9 Å². The summed E-state index contributed by atoms with van der Waals surface area (Å²) in [5.74, 6) is 0.0942. The highest BCUT2D eigenvalue weighted by Gasteiger charge is 2.09. The summed E-state index contributed by atoms with van der Waals surface area (Å²) in [7, 11) is 1.46. The van der Waals surface area contributed by atoms with Crippen molar-refractivity contribution >= 4 is 21.8 Å². The molecule has 0 radical (unpaired) electrons. The summed E-state index contributed by atoms with van der Waals surface area (Å²) in [6.45, 7) is 2.47. The van der Waals surface area contributed by atoms with Gasteiger partial charge in [0.2, 0.25) is 0 Å². The second-order valence-electron chi connectivity index (χ2n) is 3.38. The van der Waals surface area contributed by atoms with Crippen LogP contribution in [0.1, 0.15) is 17.3 Å². The van der Waals surface area contributed by atoms with E-state index in [9.17, 15) is 9.90 Å². The van der Waals surface area contributed by atoms with Crippen molar-refractivity contribution in [3.63, 3.8) is 0 Å². The molecule has 1 unspecified atom stereocenters. The van der Waals surface area contributed by atoms with Crippen LogP contribution in [0.25, 0.3) is 0 Å². The summed E-state index contributed by atoms with van der Waals surface area (Å²) < 4.78 is 4.89. The quantitative estimate of drug-likeness (QED) is 0.832.